The van der Waals surface area contributed by atoms with Crippen LogP contribution in [0.5, 0.6) is 0 Å². The van der Waals surface area contributed by atoms with Crippen LogP contribution in [0.25, 0.3) is 11.3 Å². The number of benzene rings is 3. The molecule has 1 amide bonds. The monoisotopic (exact) mass is 442 g/mol. The number of pyridine rings is 1. The molecule has 0 unspecified atom stereocenters. The number of rotatable bonds is 5. The Morgan fingerprint density at radius 3 is 2.28 bits per heavy atom. The first-order valence-electron chi connectivity index (χ1n) is 10.4. The Balaban J connectivity index is 1.94. The summed E-state index contributed by atoms with van der Waals surface area (Å²) in [6, 6.07) is 26.3. The fraction of sp³-hybridized carbons (Fsp3) is 0.111. The Morgan fingerprint density at radius 1 is 0.906 bits per heavy atom. The van der Waals surface area contributed by atoms with Crippen molar-refractivity contribution in [1.82, 2.24) is 4.57 Å². The molecule has 0 saturated heterocycles. The van der Waals surface area contributed by atoms with E-state index in [0.717, 1.165) is 22.4 Å². The molecule has 4 rings (SSSR count). The summed E-state index contributed by atoms with van der Waals surface area (Å²) in [5.41, 5.74) is 4.51. The van der Waals surface area contributed by atoms with Crippen LogP contribution in [0.15, 0.2) is 89.7 Å². The van der Waals surface area contributed by atoms with E-state index in [-0.39, 0.29) is 11.0 Å². The quantitative estimate of drug-likeness (QED) is 0.406. The van der Waals surface area contributed by atoms with Crippen molar-refractivity contribution >= 4 is 23.2 Å². The van der Waals surface area contributed by atoms with E-state index < -0.39 is 5.91 Å². The number of aromatic nitrogens is 1. The van der Waals surface area contributed by atoms with Crippen molar-refractivity contribution in [1.29, 1.82) is 0 Å². The first-order chi connectivity index (χ1) is 15.5. The van der Waals surface area contributed by atoms with Crippen LogP contribution < -0.4 is 10.7 Å². The van der Waals surface area contributed by atoms with E-state index in [2.05, 4.69) is 5.32 Å². The molecule has 0 atom stereocenters. The number of amides is 1. The maximum atomic E-state index is 13.4. The molecule has 4 aromatic rings. The lowest BCUT2D eigenvalue weighted by Gasteiger charge is -2.22. The first-order valence-corrected chi connectivity index (χ1v) is 10.7. The average molecular weight is 443 g/mol. The maximum absolute atomic E-state index is 13.4. The lowest BCUT2D eigenvalue weighted by Crippen LogP contribution is -2.27. The van der Waals surface area contributed by atoms with Gasteiger partial charge in [0.25, 0.3) is 5.91 Å². The van der Waals surface area contributed by atoms with Crippen molar-refractivity contribution in [3.63, 3.8) is 0 Å². The van der Waals surface area contributed by atoms with Gasteiger partial charge in [0, 0.05) is 23.9 Å². The average Bonchev–Trinajstić information content (AvgIpc) is 2.78. The van der Waals surface area contributed by atoms with E-state index in [0.29, 0.717) is 22.9 Å². The zero-order chi connectivity index (χ0) is 22.7. The number of halogens is 1. The Labute approximate surface area is 192 Å². The first kappa shape index (κ1) is 21.6. The van der Waals surface area contributed by atoms with E-state index in [4.69, 9.17) is 11.6 Å². The second-order valence-electron chi connectivity index (χ2n) is 7.69. The highest BCUT2D eigenvalue weighted by molar-refractivity contribution is 6.34. The number of nitrogens with zero attached hydrogens (tertiary/aromatic N) is 1. The van der Waals surface area contributed by atoms with Gasteiger partial charge >= 0.3 is 0 Å². The molecule has 1 N–H and O–H groups in total. The number of carbonyl (C=O) groups is 1. The SMILES string of the molecule is Cc1ccccc1-c1c(C(=O)Nc2ccccc2Cl)c(=O)cc(C)n1Cc1ccccc1. The minimum absolute atomic E-state index is 0.0979. The third-order valence-electron chi connectivity index (χ3n) is 5.45. The van der Waals surface area contributed by atoms with Crippen LogP contribution >= 0.6 is 11.6 Å². The molecule has 3 aromatic carbocycles. The Kier molecular flexibility index (Phi) is 6.24. The molecule has 0 radical (unpaired) electrons. The number of anilines is 1. The van der Waals surface area contributed by atoms with Gasteiger partial charge in [-0.1, -0.05) is 78.3 Å². The molecule has 0 saturated carbocycles. The van der Waals surface area contributed by atoms with E-state index >= 15 is 0 Å². The zero-order valence-electron chi connectivity index (χ0n) is 17.9. The van der Waals surface area contributed by atoms with Gasteiger partial charge in [0.1, 0.15) is 5.56 Å². The van der Waals surface area contributed by atoms with Gasteiger partial charge in [0.2, 0.25) is 0 Å². The van der Waals surface area contributed by atoms with E-state index in [1.165, 1.54) is 6.07 Å². The topological polar surface area (TPSA) is 51.1 Å². The summed E-state index contributed by atoms with van der Waals surface area (Å²) in [6.45, 7) is 4.40. The lowest BCUT2D eigenvalue weighted by atomic mass is 9.98. The van der Waals surface area contributed by atoms with Gasteiger partial charge in [-0.15, -0.1) is 0 Å². The summed E-state index contributed by atoms with van der Waals surface area (Å²) >= 11 is 6.24. The Hall–Kier alpha value is -3.63. The highest BCUT2D eigenvalue weighted by atomic mass is 35.5. The summed E-state index contributed by atoms with van der Waals surface area (Å²) in [4.78, 5) is 26.6. The van der Waals surface area contributed by atoms with Crippen LogP contribution in [-0.2, 0) is 6.54 Å². The van der Waals surface area contributed by atoms with Crippen molar-refractivity contribution in [2.24, 2.45) is 0 Å². The zero-order valence-corrected chi connectivity index (χ0v) is 18.7. The molecule has 1 aromatic heterocycles. The predicted molar refractivity (Wildman–Crippen MR) is 131 cm³/mol. The predicted octanol–water partition coefficient (Wildman–Crippen LogP) is 6.09. The molecule has 1 heterocycles. The van der Waals surface area contributed by atoms with Crippen molar-refractivity contribution in [3.8, 4) is 11.3 Å². The molecule has 32 heavy (non-hydrogen) atoms. The van der Waals surface area contributed by atoms with Gasteiger partial charge in [-0.2, -0.15) is 0 Å². The molecule has 0 spiro atoms. The van der Waals surface area contributed by atoms with E-state index in [1.54, 1.807) is 24.3 Å². The molecule has 5 heteroatoms. The molecule has 0 fully saturated rings. The third kappa shape index (κ3) is 4.36. The van der Waals surface area contributed by atoms with Crippen molar-refractivity contribution in [3.05, 3.63) is 123 Å². The van der Waals surface area contributed by atoms with E-state index in [1.807, 2.05) is 73.0 Å². The molecular weight excluding hydrogens is 420 g/mol. The second-order valence-corrected chi connectivity index (χ2v) is 8.10. The molecular formula is C27H23ClN2O2. The summed E-state index contributed by atoms with van der Waals surface area (Å²) in [6.07, 6.45) is 0. The minimum Gasteiger partial charge on any atom is -0.340 e. The summed E-state index contributed by atoms with van der Waals surface area (Å²) in [5.74, 6) is -0.483. The van der Waals surface area contributed by atoms with Gasteiger partial charge in [-0.05, 0) is 37.1 Å². The number of nitrogens with one attached hydrogen (secondary N) is 1. The van der Waals surface area contributed by atoms with Crippen LogP contribution in [-0.4, -0.2) is 10.5 Å². The van der Waals surface area contributed by atoms with Crippen LogP contribution in [0.4, 0.5) is 5.69 Å². The van der Waals surface area contributed by atoms with Crippen molar-refractivity contribution in [2.75, 3.05) is 5.32 Å². The van der Waals surface area contributed by atoms with Gasteiger partial charge < -0.3 is 9.88 Å². The minimum atomic E-state index is -0.483. The molecule has 0 aliphatic carbocycles. The highest BCUT2D eigenvalue weighted by Gasteiger charge is 2.23. The largest absolute Gasteiger partial charge is 0.340 e. The van der Waals surface area contributed by atoms with Crippen LogP contribution in [0.1, 0.15) is 27.2 Å². The smallest absolute Gasteiger partial charge is 0.261 e. The third-order valence-corrected chi connectivity index (χ3v) is 5.78. The molecule has 4 nitrogen and oxygen atoms in total. The number of carbonyl (C=O) groups excluding carboxylic acids is 1. The fourth-order valence-corrected chi connectivity index (χ4v) is 4.01. The van der Waals surface area contributed by atoms with Gasteiger partial charge in [-0.3, -0.25) is 9.59 Å². The number of para-hydroxylation sites is 1. The van der Waals surface area contributed by atoms with Crippen LogP contribution in [0, 0.1) is 13.8 Å². The van der Waals surface area contributed by atoms with Gasteiger partial charge in [0.05, 0.1) is 16.4 Å². The van der Waals surface area contributed by atoms with Gasteiger partial charge in [0.15, 0.2) is 5.43 Å². The highest BCUT2D eigenvalue weighted by Crippen LogP contribution is 2.29. The van der Waals surface area contributed by atoms with Crippen LogP contribution in [0.2, 0.25) is 5.02 Å². The standard InChI is InChI=1S/C27H23ClN2O2/c1-18-10-6-7-13-21(18)26-25(27(32)29-23-15-9-8-14-22(23)28)24(31)16-19(2)30(26)17-20-11-4-3-5-12-20/h3-16H,17H2,1-2H3,(H,29,32). The Bertz CT molecular complexity index is 1340. The van der Waals surface area contributed by atoms with E-state index in [9.17, 15) is 9.59 Å². The normalized spacial score (nSPS) is 10.7. The molecule has 0 aliphatic heterocycles. The van der Waals surface area contributed by atoms with Crippen molar-refractivity contribution < 1.29 is 4.79 Å². The van der Waals surface area contributed by atoms with Crippen molar-refractivity contribution in [2.45, 2.75) is 20.4 Å². The lowest BCUT2D eigenvalue weighted by molar-refractivity contribution is 0.102. The number of aryl methyl sites for hydroxylation is 2. The molecule has 0 aliphatic rings. The fourth-order valence-electron chi connectivity index (χ4n) is 3.82. The number of hydrogen-bond donors (Lipinski definition) is 1. The molecule has 0 bridgehead atoms. The Morgan fingerprint density at radius 2 is 1.56 bits per heavy atom. The number of hydrogen-bond acceptors (Lipinski definition) is 2. The second kappa shape index (κ2) is 9.25. The summed E-state index contributed by atoms with van der Waals surface area (Å²) < 4.78 is 2.03. The van der Waals surface area contributed by atoms with Gasteiger partial charge in [-0.25, -0.2) is 0 Å². The summed E-state index contributed by atoms with van der Waals surface area (Å²) in [7, 11) is 0. The van der Waals surface area contributed by atoms with Crippen LogP contribution in [0.3, 0.4) is 0 Å². The summed E-state index contributed by atoms with van der Waals surface area (Å²) in [5, 5.41) is 3.24. The maximum Gasteiger partial charge on any atom is 0.261 e. The molecule has 160 valence electrons.